The first-order chi connectivity index (χ1) is 20.2. The molecule has 1 aliphatic heterocycles. The van der Waals surface area contributed by atoms with Crippen LogP contribution in [0.25, 0.3) is 0 Å². The summed E-state index contributed by atoms with van der Waals surface area (Å²) in [5.41, 5.74) is 0.932. The van der Waals surface area contributed by atoms with Crippen LogP contribution in [0.3, 0.4) is 0 Å². The van der Waals surface area contributed by atoms with Gasteiger partial charge in [-0.25, -0.2) is 21.6 Å². The Bertz CT molecular complexity index is 1760. The fourth-order valence-corrected chi connectivity index (χ4v) is 7.52. The first kappa shape index (κ1) is 32.4. The number of nitrogens with one attached hydrogen (secondary N) is 2. The third-order valence-corrected chi connectivity index (χ3v) is 10.3. The lowest BCUT2D eigenvalue weighted by atomic mass is 10.0. The van der Waals surface area contributed by atoms with Gasteiger partial charge in [0.1, 0.15) is 12.1 Å². The number of hydrogen-bond donors (Lipinski definition) is 3. The SMILES string of the molecule is CS(=O)(=O)c1cccc(S(=O)(=O)N2CCC[C@H]2C(=O)N[C@@H](Cc2ccc(NC(=O)c3c(Cl)cncc3Cl)cc2)C(=O)O)c1. The number of anilines is 1. The molecule has 4 rings (SSSR count). The molecule has 0 spiro atoms. The van der Waals surface area contributed by atoms with E-state index in [1.165, 1.54) is 42.7 Å². The molecule has 1 fully saturated rings. The molecule has 0 bridgehead atoms. The van der Waals surface area contributed by atoms with Crippen molar-refractivity contribution in [1.29, 1.82) is 0 Å². The number of hydrogen-bond acceptors (Lipinski definition) is 8. The van der Waals surface area contributed by atoms with E-state index in [9.17, 15) is 36.3 Å². The molecule has 2 aromatic carbocycles. The van der Waals surface area contributed by atoms with Crippen molar-refractivity contribution in [2.75, 3.05) is 18.1 Å². The van der Waals surface area contributed by atoms with E-state index in [1.54, 1.807) is 12.1 Å². The smallest absolute Gasteiger partial charge is 0.326 e. The summed E-state index contributed by atoms with van der Waals surface area (Å²) in [6, 6.07) is 8.47. The molecule has 0 unspecified atom stereocenters. The third-order valence-electron chi connectivity index (χ3n) is 6.69. The van der Waals surface area contributed by atoms with Crippen molar-refractivity contribution in [2.24, 2.45) is 0 Å². The summed E-state index contributed by atoms with van der Waals surface area (Å²) in [4.78, 5) is 41.1. The number of pyridine rings is 1. The molecule has 0 radical (unpaired) electrons. The van der Waals surface area contributed by atoms with Crippen molar-refractivity contribution in [3.8, 4) is 0 Å². The fourth-order valence-electron chi connectivity index (χ4n) is 4.54. The largest absolute Gasteiger partial charge is 0.480 e. The molecule has 1 saturated heterocycles. The molecule has 0 saturated carbocycles. The number of rotatable bonds is 10. The Labute approximate surface area is 258 Å². The van der Waals surface area contributed by atoms with Gasteiger partial charge in [-0.3, -0.25) is 14.6 Å². The third kappa shape index (κ3) is 7.51. The number of aliphatic carboxylic acids is 1. The number of carbonyl (C=O) groups is 3. The predicted octanol–water partition coefficient (Wildman–Crippen LogP) is 3.01. The van der Waals surface area contributed by atoms with Gasteiger partial charge in [-0.2, -0.15) is 4.31 Å². The molecule has 228 valence electrons. The number of carbonyl (C=O) groups excluding carboxylic acids is 2. The number of sulfonamides is 1. The van der Waals surface area contributed by atoms with Crippen LogP contribution in [0, 0.1) is 0 Å². The van der Waals surface area contributed by atoms with E-state index < -0.39 is 49.7 Å². The van der Waals surface area contributed by atoms with Crippen molar-refractivity contribution in [3.05, 3.63) is 82.1 Å². The van der Waals surface area contributed by atoms with Gasteiger partial charge in [0.25, 0.3) is 5.91 Å². The number of carboxylic acid groups (broad SMARTS) is 1. The van der Waals surface area contributed by atoms with Crippen LogP contribution in [-0.4, -0.2) is 73.9 Å². The number of carboxylic acids is 1. The van der Waals surface area contributed by atoms with E-state index in [0.29, 0.717) is 17.7 Å². The van der Waals surface area contributed by atoms with Crippen molar-refractivity contribution >= 4 is 66.5 Å². The Morgan fingerprint density at radius 2 is 1.65 bits per heavy atom. The lowest BCUT2D eigenvalue weighted by molar-refractivity contribution is -0.142. The second kappa shape index (κ2) is 13.0. The summed E-state index contributed by atoms with van der Waals surface area (Å²) in [7, 11) is -7.95. The molecule has 0 aliphatic carbocycles. The lowest BCUT2D eigenvalue weighted by Crippen LogP contribution is -2.51. The Morgan fingerprint density at radius 3 is 2.26 bits per heavy atom. The van der Waals surface area contributed by atoms with Crippen LogP contribution in [0.2, 0.25) is 10.0 Å². The molecule has 1 aromatic heterocycles. The maximum atomic E-state index is 13.4. The highest BCUT2D eigenvalue weighted by atomic mass is 35.5. The van der Waals surface area contributed by atoms with Gasteiger partial charge in [-0.05, 0) is 48.7 Å². The molecular weight excluding hydrogens is 643 g/mol. The Morgan fingerprint density at radius 1 is 1.02 bits per heavy atom. The molecule has 2 atom stereocenters. The fraction of sp³-hybridized carbons (Fsp3) is 0.259. The Balaban J connectivity index is 1.45. The second-order valence-electron chi connectivity index (χ2n) is 9.75. The van der Waals surface area contributed by atoms with Crippen LogP contribution in [-0.2, 0) is 35.9 Å². The summed E-state index contributed by atoms with van der Waals surface area (Å²) >= 11 is 12.0. The van der Waals surface area contributed by atoms with E-state index in [1.807, 2.05) is 0 Å². The quantitative estimate of drug-likeness (QED) is 0.293. The summed E-state index contributed by atoms with van der Waals surface area (Å²) in [5, 5.41) is 15.0. The number of nitrogens with zero attached hydrogens (tertiary/aromatic N) is 2. The van der Waals surface area contributed by atoms with Gasteiger partial charge in [-0.1, -0.05) is 41.4 Å². The minimum atomic E-state index is -4.26. The highest BCUT2D eigenvalue weighted by Gasteiger charge is 2.40. The molecular formula is C27H26Cl2N4O8S2. The van der Waals surface area contributed by atoms with E-state index in [0.717, 1.165) is 16.6 Å². The van der Waals surface area contributed by atoms with Crippen LogP contribution in [0.15, 0.2) is 70.7 Å². The molecule has 3 aromatic rings. The van der Waals surface area contributed by atoms with Crippen molar-refractivity contribution in [1.82, 2.24) is 14.6 Å². The van der Waals surface area contributed by atoms with Crippen LogP contribution >= 0.6 is 23.2 Å². The molecule has 3 N–H and O–H groups in total. The topological polar surface area (TPSA) is 180 Å². The zero-order valence-electron chi connectivity index (χ0n) is 22.5. The standard InChI is InChI=1S/C27H26Cl2N4O8S2/c1-42(38,39)18-4-2-5-19(13-18)43(40,41)33-11-3-6-23(33)25(34)32-22(27(36)37)12-16-7-9-17(10-8-16)31-26(35)24-20(28)14-30-15-21(24)29/h2,4-5,7-10,13-15,22-23H,3,6,11-12H2,1H3,(H,31,35)(H,32,34)(H,36,37)/t22-,23-/m0/s1. The van der Waals surface area contributed by atoms with Crippen LogP contribution in [0.4, 0.5) is 5.69 Å². The van der Waals surface area contributed by atoms with Gasteiger partial charge in [0.05, 0.1) is 25.4 Å². The summed E-state index contributed by atoms with van der Waals surface area (Å²) in [6.45, 7) is 0.00433. The summed E-state index contributed by atoms with van der Waals surface area (Å²) in [6.07, 6.45) is 3.89. The van der Waals surface area contributed by atoms with Crippen LogP contribution < -0.4 is 10.6 Å². The van der Waals surface area contributed by atoms with Crippen molar-refractivity contribution in [3.63, 3.8) is 0 Å². The average Bonchev–Trinajstić information content (AvgIpc) is 3.44. The van der Waals surface area contributed by atoms with Crippen LogP contribution in [0.1, 0.15) is 28.8 Å². The average molecular weight is 670 g/mol. The Hall–Kier alpha value is -3.56. The van der Waals surface area contributed by atoms with Gasteiger partial charge in [0.15, 0.2) is 9.84 Å². The first-order valence-corrected chi connectivity index (χ1v) is 16.8. The molecule has 2 heterocycles. The normalized spacial score (nSPS) is 16.4. The monoisotopic (exact) mass is 668 g/mol. The van der Waals surface area contributed by atoms with Gasteiger partial charge < -0.3 is 15.7 Å². The Kier molecular flexibility index (Phi) is 9.76. The summed E-state index contributed by atoms with van der Waals surface area (Å²) < 4.78 is 51.5. The number of sulfone groups is 1. The predicted molar refractivity (Wildman–Crippen MR) is 158 cm³/mol. The van der Waals surface area contributed by atoms with Crippen LogP contribution in [0.5, 0.6) is 0 Å². The van der Waals surface area contributed by atoms with E-state index in [-0.39, 0.29) is 44.8 Å². The second-order valence-corrected chi connectivity index (χ2v) is 14.5. The van der Waals surface area contributed by atoms with Gasteiger partial charge in [0, 0.05) is 37.3 Å². The highest BCUT2D eigenvalue weighted by Crippen LogP contribution is 2.28. The van der Waals surface area contributed by atoms with E-state index >= 15 is 0 Å². The number of amides is 2. The number of aromatic nitrogens is 1. The minimum Gasteiger partial charge on any atom is -0.480 e. The molecule has 16 heteroatoms. The molecule has 12 nitrogen and oxygen atoms in total. The molecule has 2 amide bonds. The minimum absolute atomic E-state index is 0.00433. The zero-order valence-corrected chi connectivity index (χ0v) is 25.7. The number of halogens is 2. The summed E-state index contributed by atoms with van der Waals surface area (Å²) in [5.74, 6) is -2.69. The van der Waals surface area contributed by atoms with Gasteiger partial charge in [0.2, 0.25) is 15.9 Å². The molecule has 1 aliphatic rings. The molecule has 43 heavy (non-hydrogen) atoms. The van der Waals surface area contributed by atoms with Crippen molar-refractivity contribution < 1.29 is 36.3 Å². The van der Waals surface area contributed by atoms with E-state index in [4.69, 9.17) is 23.2 Å². The van der Waals surface area contributed by atoms with Gasteiger partial charge in [-0.15, -0.1) is 0 Å². The maximum absolute atomic E-state index is 13.4. The number of benzene rings is 2. The van der Waals surface area contributed by atoms with Crippen molar-refractivity contribution in [2.45, 2.75) is 41.1 Å². The lowest BCUT2D eigenvalue weighted by Gasteiger charge is -2.25. The van der Waals surface area contributed by atoms with Gasteiger partial charge >= 0.3 is 5.97 Å². The first-order valence-electron chi connectivity index (χ1n) is 12.7. The zero-order chi connectivity index (χ0) is 31.5. The maximum Gasteiger partial charge on any atom is 0.326 e. The van der Waals surface area contributed by atoms with E-state index in [2.05, 4.69) is 15.6 Å². The highest BCUT2D eigenvalue weighted by molar-refractivity contribution is 7.91.